The predicted molar refractivity (Wildman–Crippen MR) is 134 cm³/mol. The summed E-state index contributed by atoms with van der Waals surface area (Å²) >= 11 is 1.35. The maximum Gasteiger partial charge on any atom is 0.234 e. The van der Waals surface area contributed by atoms with Crippen molar-refractivity contribution in [2.45, 2.75) is 31.7 Å². The maximum atomic E-state index is 12.5. The molecule has 4 rings (SSSR count). The molecule has 3 aromatic carbocycles. The molecule has 1 N–H and O–H groups in total. The van der Waals surface area contributed by atoms with Crippen LogP contribution < -0.4 is 10.1 Å². The van der Waals surface area contributed by atoms with Crippen molar-refractivity contribution in [2.75, 3.05) is 11.1 Å². The molecule has 1 aromatic heterocycles. The Balaban J connectivity index is 1.43. The quantitative estimate of drug-likeness (QED) is 0.251. The number of nitrogens with one attached hydrogen (secondary N) is 1. The number of hydrogen-bond donors (Lipinski definition) is 1. The third-order valence-electron chi connectivity index (χ3n) is 5.22. The molecule has 1 amide bonds. The molecule has 0 unspecified atom stereocenters. The molecule has 0 fully saturated rings. The van der Waals surface area contributed by atoms with Crippen LogP contribution in [0.4, 0.5) is 5.69 Å². The van der Waals surface area contributed by atoms with Crippen LogP contribution in [0.3, 0.4) is 0 Å². The molecule has 0 spiro atoms. The summed E-state index contributed by atoms with van der Waals surface area (Å²) in [6, 6.07) is 21.9. The van der Waals surface area contributed by atoms with Crippen LogP contribution in [0.1, 0.15) is 18.3 Å². The van der Waals surface area contributed by atoms with Crippen molar-refractivity contribution < 1.29 is 9.53 Å². The van der Waals surface area contributed by atoms with Gasteiger partial charge in [0.2, 0.25) is 5.91 Å². The summed E-state index contributed by atoms with van der Waals surface area (Å²) in [5.41, 5.74) is 1.96. The van der Waals surface area contributed by atoms with Crippen molar-refractivity contribution in [2.24, 2.45) is 0 Å². The molecule has 0 aliphatic rings. The normalized spacial score (nSPS) is 10.8. The van der Waals surface area contributed by atoms with E-state index in [-0.39, 0.29) is 18.3 Å². The van der Waals surface area contributed by atoms with Crippen molar-refractivity contribution >= 4 is 34.1 Å². The van der Waals surface area contributed by atoms with E-state index in [1.54, 1.807) is 6.08 Å². The maximum absolute atomic E-state index is 12.5. The molecular weight excluding hydrogens is 432 g/mol. The Kier molecular flexibility index (Phi) is 7.42. The lowest BCUT2D eigenvalue weighted by Gasteiger charge is -2.11. The monoisotopic (exact) mass is 458 g/mol. The lowest BCUT2D eigenvalue weighted by molar-refractivity contribution is -0.113. The van der Waals surface area contributed by atoms with E-state index in [2.05, 4.69) is 41.1 Å². The van der Waals surface area contributed by atoms with Crippen LogP contribution in [0.15, 0.2) is 84.5 Å². The zero-order chi connectivity index (χ0) is 23.0. The van der Waals surface area contributed by atoms with Gasteiger partial charge in [-0.1, -0.05) is 79.4 Å². The third-order valence-corrected chi connectivity index (χ3v) is 6.18. The standard InChI is InChI=1S/C26H26N4O2S/c1-3-16-30-24(17-32-23-15-9-12-20-11-5-7-13-21(20)23)28-29-26(30)33-18-25(31)27-22-14-8-6-10-19(22)4-2/h3,5-15H,1,4,16-18H2,2H3,(H,27,31). The van der Waals surface area contributed by atoms with Gasteiger partial charge in [0, 0.05) is 17.6 Å². The zero-order valence-electron chi connectivity index (χ0n) is 18.5. The largest absolute Gasteiger partial charge is 0.485 e. The van der Waals surface area contributed by atoms with Gasteiger partial charge in [-0.2, -0.15) is 0 Å². The highest BCUT2D eigenvalue weighted by atomic mass is 32.2. The number of allylic oxidation sites excluding steroid dienone is 1. The molecule has 7 heteroatoms. The summed E-state index contributed by atoms with van der Waals surface area (Å²) in [6.45, 7) is 6.71. The van der Waals surface area contributed by atoms with Crippen molar-refractivity contribution in [3.8, 4) is 5.75 Å². The number of aryl methyl sites for hydroxylation is 1. The van der Waals surface area contributed by atoms with Crippen LogP contribution in [0.25, 0.3) is 10.8 Å². The molecule has 168 valence electrons. The summed E-state index contributed by atoms with van der Waals surface area (Å²) in [4.78, 5) is 12.5. The van der Waals surface area contributed by atoms with Gasteiger partial charge < -0.3 is 10.1 Å². The lowest BCUT2D eigenvalue weighted by atomic mass is 10.1. The van der Waals surface area contributed by atoms with Gasteiger partial charge in [0.25, 0.3) is 0 Å². The van der Waals surface area contributed by atoms with Crippen LogP contribution in [0, 0.1) is 0 Å². The Morgan fingerprint density at radius 3 is 2.73 bits per heavy atom. The van der Waals surface area contributed by atoms with E-state index < -0.39 is 0 Å². The first-order valence-electron chi connectivity index (χ1n) is 10.8. The van der Waals surface area contributed by atoms with E-state index in [4.69, 9.17) is 4.74 Å². The summed E-state index contributed by atoms with van der Waals surface area (Å²) < 4.78 is 8.02. The first-order chi connectivity index (χ1) is 16.2. The van der Waals surface area contributed by atoms with Gasteiger partial charge in [-0.05, 0) is 29.5 Å². The van der Waals surface area contributed by atoms with Crippen LogP contribution in [0.2, 0.25) is 0 Å². The number of para-hydroxylation sites is 1. The highest BCUT2D eigenvalue weighted by Crippen LogP contribution is 2.26. The number of ether oxygens (including phenoxy) is 1. The molecule has 0 aliphatic heterocycles. The highest BCUT2D eigenvalue weighted by Gasteiger charge is 2.15. The second kappa shape index (κ2) is 10.8. The average Bonchev–Trinajstić information content (AvgIpc) is 3.23. The topological polar surface area (TPSA) is 69.0 Å². The van der Waals surface area contributed by atoms with Crippen molar-refractivity contribution in [1.29, 1.82) is 0 Å². The lowest BCUT2D eigenvalue weighted by Crippen LogP contribution is -2.16. The molecular formula is C26H26N4O2S. The first-order valence-corrected chi connectivity index (χ1v) is 11.8. The minimum atomic E-state index is -0.0809. The van der Waals surface area contributed by atoms with Crippen molar-refractivity contribution in [1.82, 2.24) is 14.8 Å². The zero-order valence-corrected chi connectivity index (χ0v) is 19.3. The molecule has 0 atom stereocenters. The van der Waals surface area contributed by atoms with E-state index in [0.717, 1.165) is 34.2 Å². The van der Waals surface area contributed by atoms with Gasteiger partial charge in [0.1, 0.15) is 12.4 Å². The van der Waals surface area contributed by atoms with Gasteiger partial charge in [0.05, 0.1) is 5.75 Å². The minimum Gasteiger partial charge on any atom is -0.485 e. The predicted octanol–water partition coefficient (Wildman–Crippen LogP) is 5.49. The Labute approximate surface area is 197 Å². The molecule has 0 bridgehead atoms. The number of aromatic nitrogens is 3. The molecule has 0 aliphatic carbocycles. The van der Waals surface area contributed by atoms with Gasteiger partial charge in [-0.3, -0.25) is 9.36 Å². The fourth-order valence-corrected chi connectivity index (χ4v) is 4.34. The number of anilines is 1. The Morgan fingerprint density at radius 2 is 1.88 bits per heavy atom. The Hall–Kier alpha value is -3.58. The highest BCUT2D eigenvalue weighted by molar-refractivity contribution is 7.99. The molecule has 6 nitrogen and oxygen atoms in total. The van der Waals surface area contributed by atoms with Crippen molar-refractivity contribution in [3.05, 3.63) is 90.8 Å². The van der Waals surface area contributed by atoms with Crippen LogP contribution in [-0.2, 0) is 24.4 Å². The SMILES string of the molecule is C=CCn1c(COc2cccc3ccccc23)nnc1SCC(=O)Nc1ccccc1CC. The minimum absolute atomic E-state index is 0.0809. The Morgan fingerprint density at radius 1 is 1.09 bits per heavy atom. The number of thioether (sulfide) groups is 1. The van der Waals surface area contributed by atoms with Gasteiger partial charge in [-0.25, -0.2) is 0 Å². The van der Waals surface area contributed by atoms with E-state index in [0.29, 0.717) is 17.5 Å². The summed E-state index contributed by atoms with van der Waals surface area (Å²) in [5.74, 6) is 1.63. The number of amides is 1. The molecule has 0 saturated heterocycles. The number of carbonyl (C=O) groups excluding carboxylic acids is 1. The summed E-state index contributed by atoms with van der Waals surface area (Å²) in [5, 5.41) is 14.4. The smallest absolute Gasteiger partial charge is 0.234 e. The van der Waals surface area contributed by atoms with Gasteiger partial charge in [-0.15, -0.1) is 16.8 Å². The molecule has 1 heterocycles. The number of fused-ring (bicyclic) bond motifs is 1. The van der Waals surface area contributed by atoms with E-state index in [1.165, 1.54) is 11.8 Å². The molecule has 0 saturated carbocycles. The summed E-state index contributed by atoms with van der Waals surface area (Å²) in [7, 11) is 0. The summed E-state index contributed by atoms with van der Waals surface area (Å²) in [6.07, 6.45) is 2.64. The number of nitrogens with zero attached hydrogens (tertiary/aromatic N) is 3. The second-order valence-electron chi connectivity index (χ2n) is 7.41. The molecule has 33 heavy (non-hydrogen) atoms. The van der Waals surface area contributed by atoms with E-state index >= 15 is 0 Å². The molecule has 0 radical (unpaired) electrons. The third kappa shape index (κ3) is 5.43. The first kappa shape index (κ1) is 22.6. The fraction of sp³-hybridized carbons (Fsp3) is 0.192. The van der Waals surface area contributed by atoms with Crippen molar-refractivity contribution in [3.63, 3.8) is 0 Å². The van der Waals surface area contributed by atoms with Gasteiger partial charge in [0.15, 0.2) is 11.0 Å². The van der Waals surface area contributed by atoms with Crippen LogP contribution in [-0.4, -0.2) is 26.4 Å². The van der Waals surface area contributed by atoms with E-state index in [9.17, 15) is 4.79 Å². The second-order valence-corrected chi connectivity index (χ2v) is 8.35. The van der Waals surface area contributed by atoms with E-state index in [1.807, 2.05) is 59.2 Å². The number of rotatable bonds is 10. The van der Waals surface area contributed by atoms with Crippen LogP contribution in [0.5, 0.6) is 5.75 Å². The number of carbonyl (C=O) groups is 1. The van der Waals surface area contributed by atoms with Gasteiger partial charge >= 0.3 is 0 Å². The molecule has 4 aromatic rings. The average molecular weight is 459 g/mol. The number of hydrogen-bond acceptors (Lipinski definition) is 5. The number of benzene rings is 3. The Bertz CT molecular complexity index is 1260. The fourth-order valence-electron chi connectivity index (χ4n) is 3.58. The van der Waals surface area contributed by atoms with Crippen LogP contribution >= 0.6 is 11.8 Å².